The number of nitrogens with zero attached hydrogens (tertiary/aromatic N) is 5. The van der Waals surface area contributed by atoms with Gasteiger partial charge < -0.3 is 23.3 Å². The second-order valence-electron chi connectivity index (χ2n) is 14.6. The van der Waals surface area contributed by atoms with E-state index in [1.54, 1.807) is 0 Å². The Bertz CT molecular complexity index is 3420. The third-order valence-electron chi connectivity index (χ3n) is 11.5. The maximum atomic E-state index is 6.66. The summed E-state index contributed by atoms with van der Waals surface area (Å²) in [6.45, 7) is 6.46. The first-order valence-electron chi connectivity index (χ1n) is 18.9. The molecule has 0 saturated carbocycles. The minimum absolute atomic E-state index is 0. The molecule has 0 aliphatic carbocycles. The SMILES string of the molecule is Cc1cc2c(cc1C)N(c1ccccc1)[CH-]N2c1[c-]c(Oc2[c-]c3c(cc2)c2cccc4c5cccc6c7ccccc7n(c7cccnc7n3c24)c65)ccc1.[Pt]. The van der Waals surface area contributed by atoms with Crippen LogP contribution < -0.4 is 14.5 Å². The van der Waals surface area contributed by atoms with Crippen LogP contribution in [0.25, 0.3) is 65.5 Å². The summed E-state index contributed by atoms with van der Waals surface area (Å²) in [5.41, 5.74) is 12.9. The zero-order chi connectivity index (χ0) is 37.1. The summed E-state index contributed by atoms with van der Waals surface area (Å²) < 4.78 is 11.3. The van der Waals surface area contributed by atoms with Crippen LogP contribution in [0, 0.1) is 32.6 Å². The second-order valence-corrected chi connectivity index (χ2v) is 14.6. The molecule has 0 unspecified atom stereocenters. The van der Waals surface area contributed by atoms with E-state index in [4.69, 9.17) is 9.72 Å². The topological polar surface area (TPSA) is 37.4 Å². The largest absolute Gasteiger partial charge is 0.509 e. The fourth-order valence-electron chi connectivity index (χ4n) is 8.83. The zero-order valence-corrected chi connectivity index (χ0v) is 33.2. The molecule has 276 valence electrons. The van der Waals surface area contributed by atoms with Crippen molar-refractivity contribution >= 4 is 88.3 Å². The number of rotatable bonds is 4. The average Bonchev–Trinajstić information content (AvgIpc) is 3.88. The molecule has 5 heterocycles. The van der Waals surface area contributed by atoms with Crippen molar-refractivity contribution in [3.63, 3.8) is 0 Å². The normalized spacial score (nSPS) is 12.8. The van der Waals surface area contributed by atoms with Gasteiger partial charge in [-0.25, -0.2) is 4.98 Å². The van der Waals surface area contributed by atoms with Crippen LogP contribution in [0.2, 0.25) is 0 Å². The molecular weight excluding hydrogens is 882 g/mol. The van der Waals surface area contributed by atoms with Crippen LogP contribution in [-0.4, -0.2) is 13.8 Å². The van der Waals surface area contributed by atoms with Gasteiger partial charge in [-0.15, -0.1) is 48.1 Å². The smallest absolute Gasteiger partial charge is 0.160 e. The van der Waals surface area contributed by atoms with Crippen LogP contribution in [0.5, 0.6) is 11.5 Å². The van der Waals surface area contributed by atoms with E-state index in [1.165, 1.54) is 32.8 Å². The number of hydrogen-bond donors (Lipinski definition) is 0. The number of aromatic nitrogens is 3. The molecule has 57 heavy (non-hydrogen) atoms. The average molecular weight is 914 g/mol. The van der Waals surface area contributed by atoms with E-state index in [0.717, 1.165) is 66.6 Å². The third-order valence-corrected chi connectivity index (χ3v) is 11.5. The molecule has 1 aliphatic heterocycles. The van der Waals surface area contributed by atoms with Crippen LogP contribution in [0.4, 0.5) is 22.7 Å². The van der Waals surface area contributed by atoms with Crippen LogP contribution in [-0.2, 0) is 21.1 Å². The van der Waals surface area contributed by atoms with Gasteiger partial charge in [-0.2, -0.15) is 12.1 Å². The number of aryl methyl sites for hydroxylation is 2. The van der Waals surface area contributed by atoms with Crippen molar-refractivity contribution in [2.75, 3.05) is 9.80 Å². The number of fused-ring (bicyclic) bond motifs is 11. The maximum absolute atomic E-state index is 6.66. The Kier molecular flexibility index (Phi) is 7.51. The molecule has 0 atom stereocenters. The van der Waals surface area contributed by atoms with Gasteiger partial charge in [0.25, 0.3) is 0 Å². The molecule has 12 rings (SSSR count). The van der Waals surface area contributed by atoms with Crippen molar-refractivity contribution < 1.29 is 25.8 Å². The number of hydrogen-bond acceptors (Lipinski definition) is 4. The first-order chi connectivity index (χ1) is 27.6. The van der Waals surface area contributed by atoms with Crippen molar-refractivity contribution in [1.29, 1.82) is 0 Å². The number of anilines is 4. The Morgan fingerprint density at radius 2 is 1.14 bits per heavy atom. The first-order valence-corrected chi connectivity index (χ1v) is 18.9. The van der Waals surface area contributed by atoms with E-state index < -0.39 is 0 Å². The molecule has 0 amide bonds. The Morgan fingerprint density at radius 1 is 0.526 bits per heavy atom. The molecule has 0 radical (unpaired) electrons. The third kappa shape index (κ3) is 4.90. The van der Waals surface area contributed by atoms with Gasteiger partial charge in [0.15, 0.2) is 5.65 Å². The van der Waals surface area contributed by atoms with Crippen molar-refractivity contribution in [3.05, 3.63) is 182 Å². The monoisotopic (exact) mass is 913 g/mol. The minimum Gasteiger partial charge on any atom is -0.509 e. The van der Waals surface area contributed by atoms with Crippen molar-refractivity contribution in [2.24, 2.45) is 0 Å². The number of ether oxygens (including phenoxy) is 1. The molecule has 0 bridgehead atoms. The Balaban J connectivity index is 0.00000374. The molecule has 7 heteroatoms. The van der Waals surface area contributed by atoms with Gasteiger partial charge in [0.05, 0.1) is 16.6 Å². The molecule has 4 aromatic heterocycles. The summed E-state index contributed by atoms with van der Waals surface area (Å²) in [5.74, 6) is 1.21. The Hall–Kier alpha value is -6.62. The van der Waals surface area contributed by atoms with Gasteiger partial charge >= 0.3 is 0 Å². The minimum atomic E-state index is 0. The van der Waals surface area contributed by atoms with Gasteiger partial charge in [-0.3, -0.25) is 0 Å². The quantitative estimate of drug-likeness (QED) is 0.165. The summed E-state index contributed by atoms with van der Waals surface area (Å²) in [5, 5.41) is 7.01. The van der Waals surface area contributed by atoms with Gasteiger partial charge in [-0.1, -0.05) is 78.3 Å². The maximum Gasteiger partial charge on any atom is 0.160 e. The molecule has 0 saturated heterocycles. The molecule has 0 spiro atoms. The Labute approximate surface area is 343 Å². The van der Waals surface area contributed by atoms with E-state index >= 15 is 0 Å². The first kappa shape index (κ1) is 33.7. The van der Waals surface area contributed by atoms with Gasteiger partial charge in [0.1, 0.15) is 0 Å². The molecule has 6 nitrogen and oxygen atoms in total. The van der Waals surface area contributed by atoms with Crippen LogP contribution in [0.15, 0.2) is 152 Å². The summed E-state index contributed by atoms with van der Waals surface area (Å²) in [7, 11) is 0. The van der Waals surface area contributed by atoms with Gasteiger partial charge in [-0.05, 0) is 72.8 Å². The number of benzene rings is 7. The predicted octanol–water partition coefficient (Wildman–Crippen LogP) is 12.8. The summed E-state index contributed by atoms with van der Waals surface area (Å²) >= 11 is 0. The van der Waals surface area contributed by atoms with Crippen LogP contribution in [0.1, 0.15) is 11.1 Å². The van der Waals surface area contributed by atoms with Crippen LogP contribution >= 0.6 is 0 Å². The Morgan fingerprint density at radius 3 is 1.93 bits per heavy atom. The van der Waals surface area contributed by atoms with E-state index in [-0.39, 0.29) is 21.1 Å². The summed E-state index contributed by atoms with van der Waals surface area (Å²) in [6.07, 6.45) is 1.88. The second kappa shape index (κ2) is 12.7. The standard InChI is InChI=1S/C50H32N5O.Pt/c1-31-26-46-47(27-32(31)2)53(30-52(46)33-12-4-3-5-13-33)34-14-8-15-35(28-34)56-36-23-24-38-40-18-10-20-42-41-19-9-17-39-37-16-6-7-21-43(37)54(48(39)41)44-22-11-25-51-50(44)55(49(40)42)45(38)29-36;/h3-27,30H,1-2H3;/q-3;. The fraction of sp³-hybridized carbons (Fsp3) is 0.0400. The molecule has 1 aliphatic rings. The number of para-hydroxylation sites is 4. The van der Waals surface area contributed by atoms with E-state index in [9.17, 15) is 0 Å². The number of pyridine rings is 1. The molecular formula is C50H32N5OPt-3. The molecule has 11 aromatic rings. The van der Waals surface area contributed by atoms with Gasteiger partial charge in [0.2, 0.25) is 0 Å². The van der Waals surface area contributed by atoms with Crippen molar-refractivity contribution in [1.82, 2.24) is 13.8 Å². The summed E-state index contributed by atoms with van der Waals surface area (Å²) in [4.78, 5) is 9.53. The van der Waals surface area contributed by atoms with E-state index in [1.807, 2.05) is 36.5 Å². The summed E-state index contributed by atoms with van der Waals surface area (Å²) in [6, 6.07) is 58.6. The van der Waals surface area contributed by atoms with Crippen LogP contribution in [0.3, 0.4) is 0 Å². The van der Waals surface area contributed by atoms with E-state index in [2.05, 4.69) is 167 Å². The van der Waals surface area contributed by atoms with Crippen molar-refractivity contribution in [2.45, 2.75) is 13.8 Å². The fourth-order valence-corrected chi connectivity index (χ4v) is 8.83. The molecule has 7 aromatic carbocycles. The van der Waals surface area contributed by atoms with E-state index in [0.29, 0.717) is 11.5 Å². The molecule has 0 fully saturated rings. The zero-order valence-electron chi connectivity index (χ0n) is 31.0. The molecule has 0 N–H and O–H groups in total. The van der Waals surface area contributed by atoms with Gasteiger partial charge in [0, 0.05) is 82.9 Å². The predicted molar refractivity (Wildman–Crippen MR) is 229 cm³/mol. The van der Waals surface area contributed by atoms with Crippen molar-refractivity contribution in [3.8, 4) is 11.5 Å².